The van der Waals surface area contributed by atoms with Crippen LogP contribution < -0.4 is 10.6 Å². The number of primary amides is 1. The first kappa shape index (κ1) is 11.1. The van der Waals surface area contributed by atoms with E-state index in [9.17, 15) is 9.59 Å². The molecule has 18 heavy (non-hydrogen) atoms. The van der Waals surface area contributed by atoms with Gasteiger partial charge < -0.3 is 15.5 Å². The van der Waals surface area contributed by atoms with Crippen molar-refractivity contribution in [3.8, 4) is 0 Å². The van der Waals surface area contributed by atoms with Crippen molar-refractivity contribution in [3.05, 3.63) is 29.3 Å². The van der Waals surface area contributed by atoms with Crippen molar-refractivity contribution in [2.75, 3.05) is 18.5 Å². The van der Waals surface area contributed by atoms with Gasteiger partial charge in [-0.1, -0.05) is 0 Å². The van der Waals surface area contributed by atoms with E-state index in [0.29, 0.717) is 11.1 Å². The van der Waals surface area contributed by atoms with Gasteiger partial charge in [-0.2, -0.15) is 0 Å². The molecule has 1 aromatic carbocycles. The average molecular weight is 245 g/mol. The Kier molecular flexibility index (Phi) is 2.29. The normalized spacial score (nSPS) is 21.8. The zero-order valence-electron chi connectivity index (χ0n) is 10.2. The number of benzene rings is 1. The van der Waals surface area contributed by atoms with E-state index in [4.69, 9.17) is 5.73 Å². The molecule has 94 valence electrons. The molecule has 2 N–H and O–H groups in total. The minimum atomic E-state index is -0.465. The molecule has 0 spiro atoms. The smallest absolute Gasteiger partial charge is 0.257 e. The van der Waals surface area contributed by atoms with Gasteiger partial charge in [0, 0.05) is 19.2 Å². The Balaban J connectivity index is 2.12. The minimum absolute atomic E-state index is 0.0571. The van der Waals surface area contributed by atoms with E-state index >= 15 is 0 Å². The van der Waals surface area contributed by atoms with Crippen molar-refractivity contribution in [1.82, 2.24) is 4.90 Å². The Labute approximate surface area is 105 Å². The first-order chi connectivity index (χ1) is 8.59. The summed E-state index contributed by atoms with van der Waals surface area (Å²) >= 11 is 0. The molecule has 5 nitrogen and oxygen atoms in total. The Morgan fingerprint density at radius 3 is 2.94 bits per heavy atom. The summed E-state index contributed by atoms with van der Waals surface area (Å²) in [7, 11) is 1.96. The SMILES string of the molecule is CN1c2cc(C(N)=O)ccc2C(=O)N2CCC[C@H]21. The summed E-state index contributed by atoms with van der Waals surface area (Å²) in [6.07, 6.45) is 2.12. The number of carbonyl (C=O) groups is 2. The molecule has 0 bridgehead atoms. The van der Waals surface area contributed by atoms with Gasteiger partial charge >= 0.3 is 0 Å². The zero-order valence-corrected chi connectivity index (χ0v) is 10.2. The van der Waals surface area contributed by atoms with Crippen LogP contribution in [0.1, 0.15) is 33.6 Å². The molecule has 5 heteroatoms. The van der Waals surface area contributed by atoms with E-state index in [-0.39, 0.29) is 12.1 Å². The largest absolute Gasteiger partial charge is 0.366 e. The van der Waals surface area contributed by atoms with E-state index in [1.165, 1.54) is 0 Å². The van der Waals surface area contributed by atoms with Crippen LogP contribution in [0.25, 0.3) is 0 Å². The molecule has 0 saturated carbocycles. The molecule has 0 radical (unpaired) electrons. The van der Waals surface area contributed by atoms with Crippen LogP contribution in [0, 0.1) is 0 Å². The van der Waals surface area contributed by atoms with Crippen LogP contribution in [0.5, 0.6) is 0 Å². The second kappa shape index (κ2) is 3.73. The van der Waals surface area contributed by atoms with E-state index in [1.54, 1.807) is 18.2 Å². The molecule has 0 aromatic heterocycles. The molecular weight excluding hydrogens is 230 g/mol. The number of fused-ring (bicyclic) bond motifs is 2. The van der Waals surface area contributed by atoms with E-state index < -0.39 is 5.91 Å². The maximum Gasteiger partial charge on any atom is 0.257 e. The highest BCUT2D eigenvalue weighted by atomic mass is 16.2. The summed E-state index contributed by atoms with van der Waals surface area (Å²) in [6.45, 7) is 0.810. The van der Waals surface area contributed by atoms with Crippen LogP contribution in [0.15, 0.2) is 18.2 Å². The second-order valence-corrected chi connectivity index (χ2v) is 4.83. The highest BCUT2D eigenvalue weighted by Crippen LogP contribution is 2.35. The zero-order chi connectivity index (χ0) is 12.9. The van der Waals surface area contributed by atoms with Gasteiger partial charge in [-0.3, -0.25) is 9.59 Å². The third-order valence-electron chi connectivity index (χ3n) is 3.82. The van der Waals surface area contributed by atoms with Crippen LogP contribution >= 0.6 is 0 Å². The lowest BCUT2D eigenvalue weighted by Crippen LogP contribution is -2.50. The van der Waals surface area contributed by atoms with Crippen molar-refractivity contribution in [2.24, 2.45) is 5.73 Å². The summed E-state index contributed by atoms with van der Waals surface area (Å²) < 4.78 is 0. The number of amides is 2. The molecule has 2 heterocycles. The molecule has 3 rings (SSSR count). The Hall–Kier alpha value is -2.04. The molecule has 1 aromatic rings. The summed E-state index contributed by atoms with van der Waals surface area (Å²) in [4.78, 5) is 27.5. The van der Waals surface area contributed by atoms with Crippen LogP contribution in [0.3, 0.4) is 0 Å². The minimum Gasteiger partial charge on any atom is -0.366 e. The molecule has 1 saturated heterocycles. The van der Waals surface area contributed by atoms with Crippen LogP contribution in [0.2, 0.25) is 0 Å². The summed E-state index contributed by atoms with van der Waals surface area (Å²) in [6, 6.07) is 5.03. The topological polar surface area (TPSA) is 66.6 Å². The van der Waals surface area contributed by atoms with Crippen molar-refractivity contribution in [1.29, 1.82) is 0 Å². The standard InChI is InChI=1S/C13H15N3O2/c1-15-10-7-8(12(14)17)4-5-9(10)13(18)16-6-2-3-11(15)16/h4-5,7,11H,2-3,6H2,1H3,(H2,14,17)/t11-/m0/s1. The number of hydrogen-bond donors (Lipinski definition) is 1. The molecule has 0 unspecified atom stereocenters. The molecule has 2 amide bonds. The number of carbonyl (C=O) groups excluding carboxylic acids is 2. The number of nitrogens with zero attached hydrogens (tertiary/aromatic N) is 2. The molecule has 2 aliphatic heterocycles. The quantitative estimate of drug-likeness (QED) is 0.795. The van der Waals surface area contributed by atoms with E-state index in [1.807, 2.05) is 11.9 Å². The monoisotopic (exact) mass is 245 g/mol. The fraction of sp³-hybridized carbons (Fsp3) is 0.385. The second-order valence-electron chi connectivity index (χ2n) is 4.83. The lowest BCUT2D eigenvalue weighted by molar-refractivity contribution is 0.0719. The first-order valence-electron chi connectivity index (χ1n) is 6.07. The van der Waals surface area contributed by atoms with Gasteiger partial charge in [-0.15, -0.1) is 0 Å². The van der Waals surface area contributed by atoms with Crippen molar-refractivity contribution in [2.45, 2.75) is 19.0 Å². The van der Waals surface area contributed by atoms with Gasteiger partial charge in [-0.25, -0.2) is 0 Å². The van der Waals surface area contributed by atoms with Crippen LogP contribution in [-0.4, -0.2) is 36.5 Å². The fourth-order valence-electron chi connectivity index (χ4n) is 2.86. The Morgan fingerprint density at radius 2 is 2.22 bits per heavy atom. The summed E-state index contributed by atoms with van der Waals surface area (Å²) in [5.41, 5.74) is 7.18. The van der Waals surface area contributed by atoms with Crippen molar-refractivity contribution >= 4 is 17.5 Å². The Bertz CT molecular complexity index is 541. The molecule has 1 fully saturated rings. The molecule has 2 aliphatic rings. The summed E-state index contributed by atoms with van der Waals surface area (Å²) in [5.74, 6) is -0.408. The third-order valence-corrected chi connectivity index (χ3v) is 3.82. The number of rotatable bonds is 1. The van der Waals surface area contributed by atoms with Gasteiger partial charge in [0.15, 0.2) is 0 Å². The maximum atomic E-state index is 12.3. The molecule has 0 aliphatic carbocycles. The third kappa shape index (κ3) is 1.40. The first-order valence-corrected chi connectivity index (χ1v) is 6.07. The van der Waals surface area contributed by atoms with Gasteiger partial charge in [-0.05, 0) is 31.0 Å². The van der Waals surface area contributed by atoms with Gasteiger partial charge in [0.05, 0.1) is 11.3 Å². The van der Waals surface area contributed by atoms with E-state index in [2.05, 4.69) is 4.90 Å². The summed E-state index contributed by atoms with van der Waals surface area (Å²) in [5, 5.41) is 0. The number of anilines is 1. The highest BCUT2D eigenvalue weighted by molar-refractivity contribution is 6.04. The number of hydrogen-bond acceptors (Lipinski definition) is 3. The fourth-order valence-corrected chi connectivity index (χ4v) is 2.86. The average Bonchev–Trinajstić information content (AvgIpc) is 2.84. The van der Waals surface area contributed by atoms with Gasteiger partial charge in [0.2, 0.25) is 5.91 Å². The highest BCUT2D eigenvalue weighted by Gasteiger charge is 2.38. The van der Waals surface area contributed by atoms with Crippen molar-refractivity contribution in [3.63, 3.8) is 0 Å². The Morgan fingerprint density at radius 1 is 1.44 bits per heavy atom. The van der Waals surface area contributed by atoms with E-state index in [0.717, 1.165) is 25.1 Å². The van der Waals surface area contributed by atoms with Crippen LogP contribution in [-0.2, 0) is 0 Å². The van der Waals surface area contributed by atoms with Gasteiger partial charge in [0.1, 0.15) is 6.17 Å². The van der Waals surface area contributed by atoms with Gasteiger partial charge in [0.25, 0.3) is 5.91 Å². The lowest BCUT2D eigenvalue weighted by atomic mass is 10.0. The van der Waals surface area contributed by atoms with Crippen LogP contribution in [0.4, 0.5) is 5.69 Å². The predicted molar refractivity (Wildman–Crippen MR) is 67.4 cm³/mol. The molecular formula is C13H15N3O2. The maximum absolute atomic E-state index is 12.3. The molecule has 1 atom stereocenters. The predicted octanol–water partition coefficient (Wildman–Crippen LogP) is 0.797. The van der Waals surface area contributed by atoms with Crippen molar-refractivity contribution < 1.29 is 9.59 Å². The lowest BCUT2D eigenvalue weighted by Gasteiger charge is -2.40. The number of nitrogens with two attached hydrogens (primary N) is 1.